The minimum Gasteiger partial charge on any atom is -0.383 e. The third kappa shape index (κ3) is 5.70. The van der Waals surface area contributed by atoms with Gasteiger partial charge in [-0.1, -0.05) is 65.3 Å². The lowest BCUT2D eigenvalue weighted by molar-refractivity contribution is 0.0904. The van der Waals surface area contributed by atoms with E-state index in [4.69, 9.17) is 9.26 Å². The molecule has 0 spiro atoms. The highest BCUT2D eigenvalue weighted by Gasteiger charge is 2.22. The first-order valence-electron chi connectivity index (χ1n) is 11.7. The highest BCUT2D eigenvalue weighted by Crippen LogP contribution is 2.29. The van der Waals surface area contributed by atoms with Crippen LogP contribution < -0.4 is 10.6 Å². The Morgan fingerprint density at radius 1 is 0.917 bits per heavy atom. The van der Waals surface area contributed by atoms with Crippen molar-refractivity contribution in [2.45, 2.75) is 26.8 Å². The van der Waals surface area contributed by atoms with Gasteiger partial charge in [-0.05, 0) is 50.1 Å². The molecule has 1 atom stereocenters. The second-order valence-electron chi connectivity index (χ2n) is 8.78. The normalized spacial score (nSPS) is 11.7. The highest BCUT2D eigenvalue weighted by atomic mass is 16.5. The number of hydrogen-bond donors (Lipinski definition) is 2. The monoisotopic (exact) mass is 483 g/mol. The number of rotatable bonds is 8. The Morgan fingerprint density at radius 3 is 2.33 bits per heavy atom. The fourth-order valence-electron chi connectivity index (χ4n) is 3.97. The van der Waals surface area contributed by atoms with Crippen molar-refractivity contribution in [2.75, 3.05) is 19.0 Å². The van der Waals surface area contributed by atoms with Gasteiger partial charge in [-0.3, -0.25) is 9.59 Å². The van der Waals surface area contributed by atoms with Gasteiger partial charge in [0, 0.05) is 30.0 Å². The number of hydrogen-bond acceptors (Lipinski definition) is 5. The summed E-state index contributed by atoms with van der Waals surface area (Å²) in [6.45, 7) is 5.98. The van der Waals surface area contributed by atoms with Gasteiger partial charge in [-0.2, -0.15) is 0 Å². The Bertz CT molecular complexity index is 1360. The van der Waals surface area contributed by atoms with Gasteiger partial charge in [0.05, 0.1) is 6.61 Å². The van der Waals surface area contributed by atoms with Crippen molar-refractivity contribution in [1.82, 2.24) is 10.5 Å². The SMILES string of the molecule is COCC(C)NC(=O)c1cc(NC(=O)c2c(-c3ccccc3)noc2C)cc(-c2ccc(C)cc2)c1. The number of nitrogens with one attached hydrogen (secondary N) is 2. The zero-order valence-corrected chi connectivity index (χ0v) is 20.8. The molecule has 0 bridgehead atoms. The van der Waals surface area contributed by atoms with Crippen molar-refractivity contribution in [1.29, 1.82) is 0 Å². The third-order valence-corrected chi connectivity index (χ3v) is 5.77. The minimum absolute atomic E-state index is 0.170. The van der Waals surface area contributed by atoms with E-state index in [1.54, 1.807) is 20.1 Å². The van der Waals surface area contributed by atoms with E-state index in [0.717, 1.165) is 22.3 Å². The lowest BCUT2D eigenvalue weighted by Gasteiger charge is -2.15. The van der Waals surface area contributed by atoms with Gasteiger partial charge in [0.25, 0.3) is 11.8 Å². The molecular weight excluding hydrogens is 454 g/mol. The van der Waals surface area contributed by atoms with Crippen LogP contribution in [-0.4, -0.2) is 36.7 Å². The topological polar surface area (TPSA) is 93.5 Å². The summed E-state index contributed by atoms with van der Waals surface area (Å²) < 4.78 is 10.5. The predicted molar refractivity (Wildman–Crippen MR) is 140 cm³/mol. The van der Waals surface area contributed by atoms with Crippen molar-refractivity contribution in [3.63, 3.8) is 0 Å². The molecule has 0 fully saturated rings. The molecule has 2 N–H and O–H groups in total. The molecule has 0 radical (unpaired) electrons. The van der Waals surface area contributed by atoms with Crippen LogP contribution in [0.25, 0.3) is 22.4 Å². The zero-order valence-electron chi connectivity index (χ0n) is 20.8. The van der Waals surface area contributed by atoms with Crippen LogP contribution in [-0.2, 0) is 4.74 Å². The molecule has 1 aromatic heterocycles. The second-order valence-corrected chi connectivity index (χ2v) is 8.78. The van der Waals surface area contributed by atoms with Crippen molar-refractivity contribution < 1.29 is 18.8 Å². The molecule has 1 unspecified atom stereocenters. The van der Waals surface area contributed by atoms with Crippen LogP contribution in [0.1, 0.15) is 39.0 Å². The van der Waals surface area contributed by atoms with Crippen LogP contribution in [0.4, 0.5) is 5.69 Å². The Hall–Kier alpha value is -4.23. The molecule has 7 nitrogen and oxygen atoms in total. The number of benzene rings is 3. The van der Waals surface area contributed by atoms with Crippen LogP contribution in [0.15, 0.2) is 77.3 Å². The molecule has 4 rings (SSSR count). The third-order valence-electron chi connectivity index (χ3n) is 5.77. The van der Waals surface area contributed by atoms with E-state index >= 15 is 0 Å². The molecule has 2 amide bonds. The molecule has 0 aliphatic heterocycles. The maximum atomic E-state index is 13.4. The van der Waals surface area contributed by atoms with E-state index in [1.165, 1.54) is 0 Å². The van der Waals surface area contributed by atoms with E-state index in [0.29, 0.717) is 34.9 Å². The summed E-state index contributed by atoms with van der Waals surface area (Å²) in [6.07, 6.45) is 0. The number of aryl methyl sites for hydroxylation is 2. The molecule has 36 heavy (non-hydrogen) atoms. The molecule has 7 heteroatoms. The van der Waals surface area contributed by atoms with Gasteiger partial charge in [-0.15, -0.1) is 0 Å². The van der Waals surface area contributed by atoms with Crippen molar-refractivity contribution >= 4 is 17.5 Å². The first kappa shape index (κ1) is 24.9. The van der Waals surface area contributed by atoms with E-state index in [9.17, 15) is 9.59 Å². The first-order chi connectivity index (χ1) is 17.4. The van der Waals surface area contributed by atoms with E-state index in [1.807, 2.05) is 80.6 Å². The van der Waals surface area contributed by atoms with Gasteiger partial charge >= 0.3 is 0 Å². The molecule has 1 heterocycles. The van der Waals surface area contributed by atoms with Crippen LogP contribution >= 0.6 is 0 Å². The van der Waals surface area contributed by atoms with Gasteiger partial charge < -0.3 is 19.9 Å². The largest absolute Gasteiger partial charge is 0.383 e. The molecule has 0 aliphatic rings. The first-order valence-corrected chi connectivity index (χ1v) is 11.7. The number of anilines is 1. The number of carbonyl (C=O) groups excluding carboxylic acids is 2. The standard InChI is InChI=1S/C29H29N3O4/c1-18-10-12-21(13-11-18)23-14-24(28(33)30-19(2)17-35-4)16-25(15-23)31-29(34)26-20(3)36-32-27(26)22-8-6-5-7-9-22/h5-16,19H,17H2,1-4H3,(H,30,33)(H,31,34). The van der Waals surface area contributed by atoms with Crippen LogP contribution in [0, 0.1) is 13.8 Å². The number of nitrogens with zero attached hydrogens (tertiary/aromatic N) is 1. The summed E-state index contributed by atoms with van der Waals surface area (Å²) in [7, 11) is 1.59. The maximum absolute atomic E-state index is 13.4. The number of aromatic nitrogens is 1. The Morgan fingerprint density at radius 2 is 1.64 bits per heavy atom. The average Bonchev–Trinajstić information content (AvgIpc) is 3.26. The summed E-state index contributed by atoms with van der Waals surface area (Å²) in [6, 6.07) is 22.5. The van der Waals surface area contributed by atoms with Gasteiger partial charge in [-0.25, -0.2) is 0 Å². The Kier molecular flexibility index (Phi) is 7.61. The van der Waals surface area contributed by atoms with E-state index in [-0.39, 0.29) is 17.9 Å². The fourth-order valence-corrected chi connectivity index (χ4v) is 3.97. The van der Waals surface area contributed by atoms with E-state index < -0.39 is 0 Å². The van der Waals surface area contributed by atoms with Crippen LogP contribution in [0.2, 0.25) is 0 Å². The molecule has 3 aromatic carbocycles. The van der Waals surface area contributed by atoms with Gasteiger partial charge in [0.15, 0.2) is 0 Å². The Labute approximate surface area is 210 Å². The number of ether oxygens (including phenoxy) is 1. The lowest BCUT2D eigenvalue weighted by atomic mass is 10.00. The summed E-state index contributed by atoms with van der Waals surface area (Å²) in [5.74, 6) is -0.213. The van der Waals surface area contributed by atoms with Crippen LogP contribution in [0.5, 0.6) is 0 Å². The summed E-state index contributed by atoms with van der Waals surface area (Å²) in [4.78, 5) is 26.4. The molecule has 184 valence electrons. The molecule has 0 saturated heterocycles. The number of carbonyl (C=O) groups is 2. The summed E-state index contributed by atoms with van der Waals surface area (Å²) in [5.41, 5.74) is 5.38. The zero-order chi connectivity index (χ0) is 25.7. The molecule has 0 aliphatic carbocycles. The molecular formula is C29H29N3O4. The van der Waals surface area contributed by atoms with Crippen LogP contribution in [0.3, 0.4) is 0 Å². The van der Waals surface area contributed by atoms with E-state index in [2.05, 4.69) is 15.8 Å². The second kappa shape index (κ2) is 11.0. The number of amides is 2. The predicted octanol–water partition coefficient (Wildman–Crippen LogP) is 5.64. The van der Waals surface area contributed by atoms with Gasteiger partial charge in [0.1, 0.15) is 17.0 Å². The quantitative estimate of drug-likeness (QED) is 0.338. The smallest absolute Gasteiger partial charge is 0.261 e. The van der Waals surface area contributed by atoms with Crippen molar-refractivity contribution in [3.05, 3.63) is 95.2 Å². The lowest BCUT2D eigenvalue weighted by Crippen LogP contribution is -2.35. The van der Waals surface area contributed by atoms with Gasteiger partial charge in [0.2, 0.25) is 0 Å². The van der Waals surface area contributed by atoms with Crippen molar-refractivity contribution in [2.24, 2.45) is 0 Å². The maximum Gasteiger partial charge on any atom is 0.261 e. The number of methoxy groups -OCH3 is 1. The fraction of sp³-hybridized carbons (Fsp3) is 0.207. The summed E-state index contributed by atoms with van der Waals surface area (Å²) >= 11 is 0. The highest BCUT2D eigenvalue weighted by molar-refractivity contribution is 6.09. The molecule has 4 aromatic rings. The molecule has 0 saturated carbocycles. The minimum atomic E-state index is -0.368. The Balaban J connectivity index is 1.70. The average molecular weight is 484 g/mol. The van der Waals surface area contributed by atoms with Crippen molar-refractivity contribution in [3.8, 4) is 22.4 Å². The summed E-state index contributed by atoms with van der Waals surface area (Å²) in [5, 5.41) is 9.98.